The van der Waals surface area contributed by atoms with Gasteiger partial charge in [0.25, 0.3) is 0 Å². The summed E-state index contributed by atoms with van der Waals surface area (Å²) in [5, 5.41) is 3.22. The van der Waals surface area contributed by atoms with E-state index in [0.717, 1.165) is 48.4 Å². The number of rotatable bonds is 5. The van der Waals surface area contributed by atoms with Crippen molar-refractivity contribution in [1.82, 2.24) is 15.3 Å². The number of hydrogen-bond donors (Lipinski definition) is 1. The van der Waals surface area contributed by atoms with Gasteiger partial charge in [-0.15, -0.1) is 0 Å². The number of carbonyl (C=O) groups excluding carboxylic acids is 1. The number of ether oxygens (including phenoxy) is 1. The largest absolute Gasteiger partial charge is 0.460 e. The minimum absolute atomic E-state index is 0.0775. The van der Waals surface area contributed by atoms with Crippen molar-refractivity contribution in [3.63, 3.8) is 0 Å². The van der Waals surface area contributed by atoms with Gasteiger partial charge in [0.05, 0.1) is 11.4 Å². The molecule has 1 aliphatic rings. The zero-order valence-corrected chi connectivity index (χ0v) is 18.0. The lowest BCUT2D eigenvalue weighted by Crippen LogP contribution is -2.45. The number of urea groups is 1. The third kappa shape index (κ3) is 5.40. The molecule has 0 radical (unpaired) electrons. The zero-order chi connectivity index (χ0) is 21.6. The van der Waals surface area contributed by atoms with Crippen molar-refractivity contribution in [3.8, 4) is 6.01 Å². The molecule has 31 heavy (non-hydrogen) atoms. The highest BCUT2D eigenvalue weighted by Crippen LogP contribution is 2.27. The summed E-state index contributed by atoms with van der Waals surface area (Å²) in [6.45, 7) is 3.89. The number of aromatic nitrogens is 2. The van der Waals surface area contributed by atoms with E-state index in [1.807, 2.05) is 80.6 Å². The van der Waals surface area contributed by atoms with Gasteiger partial charge in [-0.1, -0.05) is 36.4 Å². The van der Waals surface area contributed by atoms with E-state index >= 15 is 0 Å². The van der Waals surface area contributed by atoms with E-state index in [9.17, 15) is 4.79 Å². The Hall–Kier alpha value is -3.41. The Bertz CT molecular complexity index is 943. The van der Waals surface area contributed by atoms with Crippen LogP contribution in [0.25, 0.3) is 0 Å². The van der Waals surface area contributed by atoms with E-state index in [0.29, 0.717) is 6.01 Å². The molecule has 160 valence electrons. The summed E-state index contributed by atoms with van der Waals surface area (Å²) in [7, 11) is 0. The SMILES string of the molecule is Cc1cc(C)nc(OC2CCC(NC(=O)N(c3ccccc3)c3ccccc3)CC2)n1. The average molecular weight is 417 g/mol. The van der Waals surface area contributed by atoms with Gasteiger partial charge in [0.2, 0.25) is 0 Å². The molecule has 0 atom stereocenters. The lowest BCUT2D eigenvalue weighted by Gasteiger charge is -2.31. The van der Waals surface area contributed by atoms with Crippen molar-refractivity contribution in [2.24, 2.45) is 0 Å². The number of aryl methyl sites for hydroxylation is 2. The molecule has 2 amide bonds. The lowest BCUT2D eigenvalue weighted by atomic mass is 9.93. The first kappa shape index (κ1) is 20.8. The zero-order valence-electron chi connectivity index (χ0n) is 18.0. The first-order valence-corrected chi connectivity index (χ1v) is 10.8. The van der Waals surface area contributed by atoms with Gasteiger partial charge >= 0.3 is 12.0 Å². The van der Waals surface area contributed by atoms with E-state index in [4.69, 9.17) is 4.74 Å². The summed E-state index contributed by atoms with van der Waals surface area (Å²) in [5.41, 5.74) is 3.50. The molecule has 3 aromatic rings. The van der Waals surface area contributed by atoms with Crippen molar-refractivity contribution < 1.29 is 9.53 Å². The molecule has 1 aliphatic carbocycles. The normalized spacial score (nSPS) is 18.3. The molecule has 2 aromatic carbocycles. The van der Waals surface area contributed by atoms with E-state index in [1.54, 1.807) is 4.90 Å². The molecule has 0 saturated heterocycles. The van der Waals surface area contributed by atoms with Gasteiger partial charge < -0.3 is 10.1 Å². The quantitative estimate of drug-likeness (QED) is 0.610. The van der Waals surface area contributed by atoms with Crippen LogP contribution in [0.3, 0.4) is 0 Å². The van der Waals surface area contributed by atoms with E-state index < -0.39 is 0 Å². The molecule has 1 aromatic heterocycles. The van der Waals surface area contributed by atoms with Crippen LogP contribution in [-0.2, 0) is 0 Å². The number of benzene rings is 2. The van der Waals surface area contributed by atoms with E-state index in [-0.39, 0.29) is 18.2 Å². The summed E-state index contributed by atoms with van der Waals surface area (Å²) >= 11 is 0. The first-order chi connectivity index (χ1) is 15.1. The van der Waals surface area contributed by atoms with E-state index in [2.05, 4.69) is 15.3 Å². The molecule has 1 N–H and O–H groups in total. The van der Waals surface area contributed by atoms with Gasteiger partial charge in [0.1, 0.15) is 6.10 Å². The fourth-order valence-corrected chi connectivity index (χ4v) is 4.00. The lowest BCUT2D eigenvalue weighted by molar-refractivity contribution is 0.129. The number of carbonyl (C=O) groups is 1. The molecule has 0 unspecified atom stereocenters. The Labute approximate surface area is 183 Å². The molecule has 0 aliphatic heterocycles. The highest BCUT2D eigenvalue weighted by atomic mass is 16.5. The van der Waals surface area contributed by atoms with Crippen LogP contribution in [0.15, 0.2) is 66.7 Å². The van der Waals surface area contributed by atoms with Crippen LogP contribution in [0.1, 0.15) is 37.1 Å². The summed E-state index contributed by atoms with van der Waals surface area (Å²) in [6.07, 6.45) is 3.52. The fraction of sp³-hybridized carbons (Fsp3) is 0.320. The van der Waals surface area contributed by atoms with Crippen molar-refractivity contribution >= 4 is 17.4 Å². The molecule has 1 heterocycles. The maximum atomic E-state index is 13.2. The number of nitrogens with one attached hydrogen (secondary N) is 1. The number of anilines is 2. The molecule has 1 saturated carbocycles. The van der Waals surface area contributed by atoms with Gasteiger partial charge in [-0.05, 0) is 69.9 Å². The van der Waals surface area contributed by atoms with Crippen LogP contribution in [0, 0.1) is 13.8 Å². The highest BCUT2D eigenvalue weighted by molar-refractivity contribution is 5.99. The smallest absolute Gasteiger partial charge is 0.326 e. The second-order valence-corrected chi connectivity index (χ2v) is 7.98. The second-order valence-electron chi connectivity index (χ2n) is 7.98. The maximum Gasteiger partial charge on any atom is 0.326 e. The average Bonchev–Trinajstić information content (AvgIpc) is 2.76. The Kier molecular flexibility index (Phi) is 6.46. The van der Waals surface area contributed by atoms with E-state index in [1.165, 1.54) is 0 Å². The first-order valence-electron chi connectivity index (χ1n) is 10.8. The van der Waals surface area contributed by atoms with Crippen LogP contribution in [0.4, 0.5) is 16.2 Å². The van der Waals surface area contributed by atoms with Crippen molar-refractivity contribution in [3.05, 3.63) is 78.1 Å². The maximum absolute atomic E-state index is 13.2. The fourth-order valence-electron chi connectivity index (χ4n) is 4.00. The number of hydrogen-bond acceptors (Lipinski definition) is 4. The predicted molar refractivity (Wildman–Crippen MR) is 122 cm³/mol. The monoisotopic (exact) mass is 416 g/mol. The summed E-state index contributed by atoms with van der Waals surface area (Å²) in [6, 6.07) is 21.8. The molecule has 6 nitrogen and oxygen atoms in total. The standard InChI is InChI=1S/C25H28N4O2/c1-18-17-19(2)27-24(26-18)31-23-15-13-20(14-16-23)28-25(30)29(21-9-5-3-6-10-21)22-11-7-4-8-12-22/h3-12,17,20,23H,13-16H2,1-2H3,(H,28,30). The Morgan fingerprint density at radius 2 is 1.39 bits per heavy atom. The topological polar surface area (TPSA) is 67.3 Å². The second kappa shape index (κ2) is 9.60. The summed E-state index contributed by atoms with van der Waals surface area (Å²) in [4.78, 5) is 23.7. The number of nitrogens with zero attached hydrogens (tertiary/aromatic N) is 3. The Balaban J connectivity index is 1.38. The van der Waals surface area contributed by atoms with Crippen LogP contribution >= 0.6 is 0 Å². The molecule has 6 heteroatoms. The van der Waals surface area contributed by atoms with Crippen LogP contribution in [-0.4, -0.2) is 28.1 Å². The third-order valence-corrected chi connectivity index (χ3v) is 5.47. The number of para-hydroxylation sites is 2. The molecular formula is C25H28N4O2. The Morgan fingerprint density at radius 3 is 1.90 bits per heavy atom. The van der Waals surface area contributed by atoms with Crippen LogP contribution in [0.2, 0.25) is 0 Å². The molecule has 0 spiro atoms. The molecule has 1 fully saturated rings. The summed E-state index contributed by atoms with van der Waals surface area (Å²) in [5.74, 6) is 0. The van der Waals surface area contributed by atoms with Crippen LogP contribution < -0.4 is 15.0 Å². The minimum atomic E-state index is -0.112. The van der Waals surface area contributed by atoms with Gasteiger partial charge in [0, 0.05) is 17.4 Å². The molecule has 4 rings (SSSR count). The van der Waals surface area contributed by atoms with Crippen molar-refractivity contribution in [2.45, 2.75) is 51.7 Å². The van der Waals surface area contributed by atoms with Crippen molar-refractivity contribution in [1.29, 1.82) is 0 Å². The van der Waals surface area contributed by atoms with Gasteiger partial charge in [-0.3, -0.25) is 4.90 Å². The predicted octanol–water partition coefficient (Wildman–Crippen LogP) is 5.33. The molecule has 0 bridgehead atoms. The van der Waals surface area contributed by atoms with Gasteiger partial charge in [-0.25, -0.2) is 14.8 Å². The summed E-state index contributed by atoms with van der Waals surface area (Å²) < 4.78 is 6.01. The minimum Gasteiger partial charge on any atom is -0.460 e. The highest BCUT2D eigenvalue weighted by Gasteiger charge is 2.27. The van der Waals surface area contributed by atoms with Crippen LogP contribution in [0.5, 0.6) is 6.01 Å². The molecular weight excluding hydrogens is 388 g/mol. The number of amides is 2. The third-order valence-electron chi connectivity index (χ3n) is 5.47. The van der Waals surface area contributed by atoms with Gasteiger partial charge in [0.15, 0.2) is 0 Å². The Morgan fingerprint density at radius 1 is 0.871 bits per heavy atom. The van der Waals surface area contributed by atoms with Gasteiger partial charge in [-0.2, -0.15) is 0 Å². The van der Waals surface area contributed by atoms with Crippen molar-refractivity contribution in [2.75, 3.05) is 4.90 Å².